The molecule has 15 nitrogen and oxygen atoms in total. The first-order valence-corrected chi connectivity index (χ1v) is 18.4. The van der Waals surface area contributed by atoms with Crippen LogP contribution in [-0.2, 0) is 44.8 Å². The van der Waals surface area contributed by atoms with Gasteiger partial charge in [-0.05, 0) is 48.3 Å². The molecule has 0 saturated carbocycles. The first kappa shape index (κ1) is 44.9. The standard InChI is InChI=1S/C38H62N6O9/c1-11-26(6)35(30(51-9)19-32(47)44-18-12-13-29(44)36(52-10)25(4)5)42(7)33(48)21-40-37(49)34(24(2)3)43(8)38(50)53-22-27-14-16-28(17-15-27)41-31(46)20-39-23-45/h14-17,23-26,29-30,34-36H,11-13,18-22H2,1-10H3,(H,39,45)(H,40,49)(H,41,46)/t26?,29-,30+,34?,35?,36+/m0/s1. The van der Waals surface area contributed by atoms with Gasteiger partial charge in [0, 0.05) is 40.5 Å². The highest BCUT2D eigenvalue weighted by Gasteiger charge is 2.40. The molecule has 1 aliphatic heterocycles. The molecule has 6 amide bonds. The van der Waals surface area contributed by atoms with Crippen LogP contribution in [0.1, 0.15) is 72.8 Å². The summed E-state index contributed by atoms with van der Waals surface area (Å²) in [5.41, 5.74) is 1.16. The molecule has 2 rings (SSSR count). The number of methoxy groups -OCH3 is 2. The molecule has 0 spiro atoms. The Morgan fingerprint density at radius 2 is 1.60 bits per heavy atom. The number of carbonyl (C=O) groups excluding carboxylic acids is 6. The highest BCUT2D eigenvalue weighted by atomic mass is 16.6. The smallest absolute Gasteiger partial charge is 0.410 e. The lowest BCUT2D eigenvalue weighted by Crippen LogP contribution is -2.55. The zero-order chi connectivity index (χ0) is 39.8. The Bertz CT molecular complexity index is 1360. The third-order valence-electron chi connectivity index (χ3n) is 10.0. The lowest BCUT2D eigenvalue weighted by atomic mass is 9.90. The number of rotatable bonds is 21. The van der Waals surface area contributed by atoms with E-state index in [-0.39, 0.29) is 73.7 Å². The first-order chi connectivity index (χ1) is 25.1. The van der Waals surface area contributed by atoms with Crippen molar-refractivity contribution in [3.05, 3.63) is 29.8 Å². The molecule has 0 aromatic heterocycles. The van der Waals surface area contributed by atoms with Gasteiger partial charge < -0.3 is 40.0 Å². The number of hydrogen-bond acceptors (Lipinski definition) is 9. The molecule has 1 heterocycles. The van der Waals surface area contributed by atoms with Gasteiger partial charge in [0.1, 0.15) is 12.6 Å². The third kappa shape index (κ3) is 13.0. The van der Waals surface area contributed by atoms with E-state index in [4.69, 9.17) is 14.2 Å². The van der Waals surface area contributed by atoms with E-state index >= 15 is 0 Å². The molecule has 298 valence electrons. The average molecular weight is 747 g/mol. The van der Waals surface area contributed by atoms with E-state index in [9.17, 15) is 28.8 Å². The number of nitrogens with one attached hydrogen (secondary N) is 3. The summed E-state index contributed by atoms with van der Waals surface area (Å²) in [6.07, 6.45) is 1.66. The lowest BCUT2D eigenvalue weighted by Gasteiger charge is -2.39. The number of benzene rings is 1. The molecule has 0 aliphatic carbocycles. The number of nitrogens with zero attached hydrogens (tertiary/aromatic N) is 3. The largest absolute Gasteiger partial charge is 0.445 e. The van der Waals surface area contributed by atoms with Gasteiger partial charge in [-0.3, -0.25) is 28.9 Å². The van der Waals surface area contributed by atoms with Crippen LogP contribution < -0.4 is 16.0 Å². The van der Waals surface area contributed by atoms with Crippen LogP contribution in [0, 0.1) is 17.8 Å². The van der Waals surface area contributed by atoms with Crippen LogP contribution in [0.3, 0.4) is 0 Å². The normalized spacial score (nSPS) is 17.0. The van der Waals surface area contributed by atoms with Crippen molar-refractivity contribution in [3.63, 3.8) is 0 Å². The van der Waals surface area contributed by atoms with Crippen molar-refractivity contribution in [1.82, 2.24) is 25.3 Å². The Labute approximate surface area is 314 Å². The maximum Gasteiger partial charge on any atom is 0.410 e. The van der Waals surface area contributed by atoms with Gasteiger partial charge in [0.25, 0.3) is 0 Å². The number of likely N-dealkylation sites (tertiary alicyclic amines) is 1. The van der Waals surface area contributed by atoms with Crippen molar-refractivity contribution in [2.75, 3.05) is 53.3 Å². The minimum absolute atomic E-state index is 0.0147. The summed E-state index contributed by atoms with van der Waals surface area (Å²) in [4.78, 5) is 80.6. The number of ether oxygens (including phenoxy) is 3. The number of anilines is 1. The molecule has 3 unspecified atom stereocenters. The quantitative estimate of drug-likeness (QED) is 0.160. The van der Waals surface area contributed by atoms with Gasteiger partial charge in [0.15, 0.2) is 0 Å². The molecule has 53 heavy (non-hydrogen) atoms. The number of hydrogen-bond donors (Lipinski definition) is 3. The van der Waals surface area contributed by atoms with E-state index in [0.717, 1.165) is 19.3 Å². The van der Waals surface area contributed by atoms with Gasteiger partial charge >= 0.3 is 6.09 Å². The number of carbonyl (C=O) groups is 6. The molecule has 3 N–H and O–H groups in total. The monoisotopic (exact) mass is 746 g/mol. The van der Waals surface area contributed by atoms with Crippen LogP contribution in [0.4, 0.5) is 10.5 Å². The van der Waals surface area contributed by atoms with E-state index in [1.54, 1.807) is 64.3 Å². The zero-order valence-electron chi connectivity index (χ0n) is 33.2. The van der Waals surface area contributed by atoms with E-state index in [1.165, 1.54) is 11.9 Å². The van der Waals surface area contributed by atoms with Gasteiger partial charge in [-0.2, -0.15) is 0 Å². The molecule has 1 saturated heterocycles. The minimum Gasteiger partial charge on any atom is -0.445 e. The van der Waals surface area contributed by atoms with E-state index in [2.05, 4.69) is 29.8 Å². The Morgan fingerprint density at radius 1 is 0.943 bits per heavy atom. The van der Waals surface area contributed by atoms with Crippen LogP contribution in [0.25, 0.3) is 0 Å². The summed E-state index contributed by atoms with van der Waals surface area (Å²) in [5.74, 6) is -1.37. The Kier molecular flexibility index (Phi) is 18.7. The van der Waals surface area contributed by atoms with Gasteiger partial charge in [-0.25, -0.2) is 4.79 Å². The van der Waals surface area contributed by atoms with Gasteiger partial charge in [-0.15, -0.1) is 0 Å². The average Bonchev–Trinajstić information content (AvgIpc) is 3.61. The molecular weight excluding hydrogens is 684 g/mol. The second-order valence-electron chi connectivity index (χ2n) is 14.4. The summed E-state index contributed by atoms with van der Waals surface area (Å²) in [6, 6.07) is 5.24. The lowest BCUT2D eigenvalue weighted by molar-refractivity contribution is -0.144. The molecule has 0 radical (unpaired) electrons. The second kappa shape index (κ2) is 22.1. The molecule has 0 bridgehead atoms. The molecule has 6 atom stereocenters. The maximum absolute atomic E-state index is 13.7. The summed E-state index contributed by atoms with van der Waals surface area (Å²) in [5, 5.41) is 7.62. The number of likely N-dealkylation sites (N-methyl/N-ethyl adjacent to an activating group) is 2. The van der Waals surface area contributed by atoms with E-state index < -0.39 is 30.2 Å². The molecule has 1 aromatic carbocycles. The maximum atomic E-state index is 13.7. The Morgan fingerprint density at radius 3 is 2.15 bits per heavy atom. The van der Waals surface area contributed by atoms with Crippen LogP contribution in [0.2, 0.25) is 0 Å². The molecule has 1 aliphatic rings. The van der Waals surface area contributed by atoms with Gasteiger partial charge in [-0.1, -0.05) is 60.1 Å². The minimum atomic E-state index is -0.928. The van der Waals surface area contributed by atoms with Crippen LogP contribution in [0.15, 0.2) is 24.3 Å². The van der Waals surface area contributed by atoms with Crippen molar-refractivity contribution in [3.8, 4) is 0 Å². The summed E-state index contributed by atoms with van der Waals surface area (Å²) in [7, 11) is 6.36. The Hall–Kier alpha value is -4.24. The molecule has 1 fully saturated rings. The van der Waals surface area contributed by atoms with Crippen molar-refractivity contribution in [2.45, 2.75) is 104 Å². The fourth-order valence-corrected chi connectivity index (χ4v) is 7.06. The predicted molar refractivity (Wildman–Crippen MR) is 201 cm³/mol. The van der Waals surface area contributed by atoms with Crippen LogP contribution in [-0.4, -0.2) is 129 Å². The topological polar surface area (TPSA) is 176 Å². The number of amides is 6. The van der Waals surface area contributed by atoms with Crippen molar-refractivity contribution in [2.24, 2.45) is 17.8 Å². The fraction of sp³-hybridized carbons (Fsp3) is 0.684. The van der Waals surface area contributed by atoms with Crippen molar-refractivity contribution in [1.29, 1.82) is 0 Å². The third-order valence-corrected chi connectivity index (χ3v) is 10.0. The van der Waals surface area contributed by atoms with Gasteiger partial charge in [0.2, 0.25) is 30.0 Å². The van der Waals surface area contributed by atoms with Crippen LogP contribution in [0.5, 0.6) is 0 Å². The van der Waals surface area contributed by atoms with E-state index in [0.29, 0.717) is 24.2 Å². The molecule has 15 heteroatoms. The van der Waals surface area contributed by atoms with E-state index in [1.807, 2.05) is 18.7 Å². The Balaban J connectivity index is 2.04. The second-order valence-corrected chi connectivity index (χ2v) is 14.4. The SMILES string of the molecule is CCC(C)C([C@@H](CC(=O)N1CCC[C@H]1[C@H](OC)C(C)C)OC)N(C)C(=O)CNC(=O)C(C(C)C)N(C)C(=O)OCc1ccc(NC(=O)CNC=O)cc1. The molecule has 1 aromatic rings. The predicted octanol–water partition coefficient (Wildman–Crippen LogP) is 3.02. The van der Waals surface area contributed by atoms with Gasteiger partial charge in [0.05, 0.1) is 43.8 Å². The fourth-order valence-electron chi connectivity index (χ4n) is 7.06. The highest BCUT2D eigenvalue weighted by Crippen LogP contribution is 2.29. The van der Waals surface area contributed by atoms with Crippen molar-refractivity contribution < 1.29 is 43.0 Å². The summed E-state index contributed by atoms with van der Waals surface area (Å²) in [6.45, 7) is 11.9. The zero-order valence-corrected chi connectivity index (χ0v) is 33.2. The highest BCUT2D eigenvalue weighted by molar-refractivity contribution is 5.93. The first-order valence-electron chi connectivity index (χ1n) is 18.4. The van der Waals surface area contributed by atoms with Crippen molar-refractivity contribution >= 4 is 41.8 Å². The summed E-state index contributed by atoms with van der Waals surface area (Å²) < 4.78 is 17.1. The van der Waals surface area contributed by atoms with Crippen LogP contribution >= 0.6 is 0 Å². The summed E-state index contributed by atoms with van der Waals surface area (Å²) >= 11 is 0. The molecular formula is C38H62N6O9.